The number of cyclic esters (lactones) is 1. The van der Waals surface area contributed by atoms with E-state index in [2.05, 4.69) is 5.32 Å². The first-order chi connectivity index (χ1) is 18.0. The van der Waals surface area contributed by atoms with Crippen LogP contribution in [0.5, 0.6) is 0 Å². The molecule has 0 aromatic heterocycles. The molecule has 1 saturated carbocycles. The van der Waals surface area contributed by atoms with Crippen LogP contribution in [0.4, 0.5) is 20.6 Å². The van der Waals surface area contributed by atoms with Gasteiger partial charge in [-0.3, -0.25) is 9.69 Å². The zero-order valence-corrected chi connectivity index (χ0v) is 21.4. The van der Waals surface area contributed by atoms with E-state index in [4.69, 9.17) is 21.7 Å². The van der Waals surface area contributed by atoms with E-state index in [-0.39, 0.29) is 18.6 Å². The number of hydrogen-bond donors (Lipinski definition) is 1. The maximum Gasteiger partial charge on any atom is 0.414 e. The Hall–Kier alpha value is -3.24. The molecular weight excluding hydrogens is 495 g/mol. The van der Waals surface area contributed by atoms with Crippen LogP contribution in [0.2, 0.25) is 0 Å². The Balaban J connectivity index is 1.09. The van der Waals surface area contributed by atoms with Gasteiger partial charge in [-0.15, -0.1) is 0 Å². The number of carbonyl (C=O) groups is 2. The second-order valence-corrected chi connectivity index (χ2v) is 10.1. The van der Waals surface area contributed by atoms with Crippen molar-refractivity contribution in [3.8, 4) is 0 Å². The van der Waals surface area contributed by atoms with E-state index in [0.717, 1.165) is 23.4 Å². The third-order valence-electron chi connectivity index (χ3n) is 6.88. The van der Waals surface area contributed by atoms with Crippen molar-refractivity contribution in [3.63, 3.8) is 0 Å². The molecule has 0 radical (unpaired) electrons. The van der Waals surface area contributed by atoms with Crippen LogP contribution in [0, 0.1) is 11.7 Å². The summed E-state index contributed by atoms with van der Waals surface area (Å²) in [5, 5.41) is 3.18. The molecule has 2 saturated heterocycles. The molecule has 8 nitrogen and oxygen atoms in total. The van der Waals surface area contributed by atoms with Gasteiger partial charge in [-0.1, -0.05) is 42.5 Å². The molecular formula is C27H31FN4O4S. The number of thiocarbonyl (C=S) groups is 1. The Kier molecular flexibility index (Phi) is 7.85. The molecule has 0 unspecified atom stereocenters. The fourth-order valence-corrected chi connectivity index (χ4v) is 4.90. The molecule has 5 rings (SSSR count). The van der Waals surface area contributed by atoms with Crippen molar-refractivity contribution in [1.29, 1.82) is 0 Å². The van der Waals surface area contributed by atoms with Gasteiger partial charge < -0.3 is 24.6 Å². The average molecular weight is 527 g/mol. The molecule has 3 fully saturated rings. The van der Waals surface area contributed by atoms with Gasteiger partial charge in [-0.25, -0.2) is 9.18 Å². The van der Waals surface area contributed by atoms with E-state index >= 15 is 4.39 Å². The zero-order valence-electron chi connectivity index (χ0n) is 20.6. The van der Waals surface area contributed by atoms with Crippen LogP contribution in [0.15, 0.2) is 48.5 Å². The highest BCUT2D eigenvalue weighted by molar-refractivity contribution is 7.80. The predicted molar refractivity (Wildman–Crippen MR) is 142 cm³/mol. The van der Waals surface area contributed by atoms with Crippen molar-refractivity contribution >= 4 is 40.6 Å². The molecule has 1 aliphatic carbocycles. The summed E-state index contributed by atoms with van der Waals surface area (Å²) in [6, 6.07) is 14.5. The van der Waals surface area contributed by atoms with Crippen LogP contribution < -0.4 is 15.1 Å². The number of halogens is 1. The summed E-state index contributed by atoms with van der Waals surface area (Å²) in [5.41, 5.74) is 1.94. The minimum absolute atomic E-state index is 0.0206. The van der Waals surface area contributed by atoms with Crippen LogP contribution >= 0.6 is 12.2 Å². The number of benzene rings is 2. The Morgan fingerprint density at radius 3 is 2.57 bits per heavy atom. The third kappa shape index (κ3) is 6.37. The highest BCUT2D eigenvalue weighted by Gasteiger charge is 2.34. The minimum atomic E-state index is -0.488. The number of anilines is 2. The summed E-state index contributed by atoms with van der Waals surface area (Å²) >= 11 is 5.33. The van der Waals surface area contributed by atoms with Crippen molar-refractivity contribution in [2.45, 2.75) is 25.6 Å². The average Bonchev–Trinajstić information content (AvgIpc) is 3.70. The van der Waals surface area contributed by atoms with Crippen LogP contribution in [0.25, 0.3) is 0 Å². The predicted octanol–water partition coefficient (Wildman–Crippen LogP) is 3.34. The van der Waals surface area contributed by atoms with Crippen molar-refractivity contribution in [3.05, 3.63) is 59.9 Å². The van der Waals surface area contributed by atoms with Crippen molar-refractivity contribution in [1.82, 2.24) is 10.2 Å². The fraction of sp³-hybridized carbons (Fsp3) is 0.444. The van der Waals surface area contributed by atoms with Gasteiger partial charge in [-0.2, -0.15) is 0 Å². The van der Waals surface area contributed by atoms with Gasteiger partial charge in [0.2, 0.25) is 5.91 Å². The van der Waals surface area contributed by atoms with Crippen LogP contribution in [0.3, 0.4) is 0 Å². The maximum atomic E-state index is 15.1. The van der Waals surface area contributed by atoms with E-state index in [0.29, 0.717) is 63.2 Å². The summed E-state index contributed by atoms with van der Waals surface area (Å²) in [5.74, 6) is -0.0218. The highest BCUT2D eigenvalue weighted by Crippen LogP contribution is 2.30. The fourth-order valence-electron chi connectivity index (χ4n) is 4.58. The lowest BCUT2D eigenvalue weighted by atomic mass is 10.2. The summed E-state index contributed by atoms with van der Waals surface area (Å²) in [6.45, 7) is 3.22. The summed E-state index contributed by atoms with van der Waals surface area (Å²) in [7, 11) is 0. The topological polar surface area (TPSA) is 74.3 Å². The number of carbonyl (C=O) groups excluding carboxylic acids is 2. The second-order valence-electron chi connectivity index (χ2n) is 9.62. The van der Waals surface area contributed by atoms with Crippen LogP contribution in [0.1, 0.15) is 18.4 Å². The molecule has 2 aliphatic heterocycles. The normalized spacial score (nSPS) is 19.6. The third-order valence-corrected chi connectivity index (χ3v) is 7.36. The van der Waals surface area contributed by atoms with Gasteiger partial charge in [0.1, 0.15) is 18.5 Å². The molecule has 196 valence electrons. The molecule has 3 aliphatic rings. The number of nitrogens with one attached hydrogen (secondary N) is 1. The summed E-state index contributed by atoms with van der Waals surface area (Å²) < 4.78 is 26.1. The zero-order chi connectivity index (χ0) is 25.8. The Bertz CT molecular complexity index is 1140. The molecule has 2 aromatic carbocycles. The monoisotopic (exact) mass is 526 g/mol. The van der Waals surface area contributed by atoms with E-state index in [1.165, 1.54) is 11.0 Å². The van der Waals surface area contributed by atoms with Gasteiger partial charge in [-0.05, 0) is 36.6 Å². The first-order valence-corrected chi connectivity index (χ1v) is 13.1. The van der Waals surface area contributed by atoms with Gasteiger partial charge in [0.05, 0.1) is 36.1 Å². The number of nitrogens with zero attached hydrogens (tertiary/aromatic N) is 3. The molecule has 2 heterocycles. The van der Waals surface area contributed by atoms with Gasteiger partial charge in [0, 0.05) is 32.1 Å². The van der Waals surface area contributed by atoms with Gasteiger partial charge in [0.25, 0.3) is 0 Å². The van der Waals surface area contributed by atoms with Crippen LogP contribution in [-0.4, -0.2) is 73.9 Å². The van der Waals surface area contributed by atoms with E-state index < -0.39 is 11.9 Å². The first kappa shape index (κ1) is 25.4. The van der Waals surface area contributed by atoms with Crippen molar-refractivity contribution in [2.24, 2.45) is 5.92 Å². The molecule has 37 heavy (non-hydrogen) atoms. The standard InChI is InChI=1S/C27H31FN4O4S/c28-23-14-21(32-16-22(36-27(32)34)15-29-26(37)20-6-7-20)8-9-24(23)30-10-12-31(13-11-30)25(33)18-35-17-19-4-2-1-3-5-19/h1-5,8-9,14,20,22H,6-7,10-13,15-18H2,(H,29,37)/t22-/m0/s1. The quantitative estimate of drug-likeness (QED) is 0.503. The minimum Gasteiger partial charge on any atom is -0.442 e. The molecule has 0 spiro atoms. The molecule has 0 bridgehead atoms. The Morgan fingerprint density at radius 1 is 1.11 bits per heavy atom. The highest BCUT2D eigenvalue weighted by atomic mass is 32.1. The number of ether oxygens (including phenoxy) is 2. The van der Waals surface area contributed by atoms with Crippen molar-refractivity contribution in [2.75, 3.05) is 55.7 Å². The van der Waals surface area contributed by atoms with Crippen molar-refractivity contribution < 1.29 is 23.5 Å². The molecule has 1 N–H and O–H groups in total. The van der Waals surface area contributed by atoms with Crippen LogP contribution in [-0.2, 0) is 20.9 Å². The number of rotatable bonds is 9. The summed E-state index contributed by atoms with van der Waals surface area (Å²) in [4.78, 5) is 30.8. The van der Waals surface area contributed by atoms with E-state index in [1.807, 2.05) is 35.2 Å². The summed E-state index contributed by atoms with van der Waals surface area (Å²) in [6.07, 6.45) is 1.40. The number of hydrogen-bond acceptors (Lipinski definition) is 6. The van der Waals surface area contributed by atoms with Gasteiger partial charge >= 0.3 is 6.09 Å². The largest absolute Gasteiger partial charge is 0.442 e. The first-order valence-electron chi connectivity index (χ1n) is 12.7. The molecule has 1 atom stereocenters. The Morgan fingerprint density at radius 2 is 1.86 bits per heavy atom. The van der Waals surface area contributed by atoms with E-state index in [1.54, 1.807) is 17.0 Å². The lowest BCUT2D eigenvalue weighted by Crippen LogP contribution is -2.50. The lowest BCUT2D eigenvalue weighted by Gasteiger charge is -2.36. The molecule has 10 heteroatoms. The molecule has 2 aromatic rings. The number of amides is 2. The maximum absolute atomic E-state index is 15.1. The number of piperazine rings is 1. The second kappa shape index (κ2) is 11.4. The molecule has 2 amide bonds. The SMILES string of the molecule is O=C(COCc1ccccc1)N1CCN(c2ccc(N3C[C@H](CNC(=S)C4CC4)OC3=O)cc2F)CC1. The van der Waals surface area contributed by atoms with Gasteiger partial charge in [0.15, 0.2) is 0 Å². The van der Waals surface area contributed by atoms with E-state index in [9.17, 15) is 9.59 Å². The smallest absolute Gasteiger partial charge is 0.414 e. The Labute approximate surface area is 221 Å². The lowest BCUT2D eigenvalue weighted by molar-refractivity contribution is -0.136.